The van der Waals surface area contributed by atoms with E-state index in [-0.39, 0.29) is 0 Å². The van der Waals surface area contributed by atoms with E-state index in [9.17, 15) is 0 Å². The van der Waals surface area contributed by atoms with Gasteiger partial charge < -0.3 is 10.8 Å². The van der Waals surface area contributed by atoms with E-state index in [0.29, 0.717) is 25.1 Å². The van der Waals surface area contributed by atoms with Crippen molar-refractivity contribution in [2.75, 3.05) is 26.2 Å². The first-order chi connectivity index (χ1) is 8.74. The van der Waals surface area contributed by atoms with Gasteiger partial charge in [0, 0.05) is 30.2 Å². The third-order valence-electron chi connectivity index (χ3n) is 3.75. The SMILES string of the molecule is NCC(c1cccc(Br)c1)N1CCC(CCO)C1. The highest BCUT2D eigenvalue weighted by Crippen LogP contribution is 2.29. The molecule has 0 saturated carbocycles. The fraction of sp³-hybridized carbons (Fsp3) is 0.571. The molecule has 3 N–H and O–H groups in total. The van der Waals surface area contributed by atoms with Gasteiger partial charge in [0.1, 0.15) is 0 Å². The summed E-state index contributed by atoms with van der Waals surface area (Å²) in [5, 5.41) is 9.01. The summed E-state index contributed by atoms with van der Waals surface area (Å²) in [5.74, 6) is 0.621. The van der Waals surface area contributed by atoms with Crippen LogP contribution in [-0.2, 0) is 0 Å². The highest BCUT2D eigenvalue weighted by atomic mass is 79.9. The topological polar surface area (TPSA) is 49.5 Å². The van der Waals surface area contributed by atoms with Crippen LogP contribution in [0.4, 0.5) is 0 Å². The smallest absolute Gasteiger partial charge is 0.0470 e. The number of benzene rings is 1. The molecule has 1 fully saturated rings. The zero-order valence-electron chi connectivity index (χ0n) is 10.6. The van der Waals surface area contributed by atoms with Gasteiger partial charge in [-0.25, -0.2) is 0 Å². The number of hydrogen-bond donors (Lipinski definition) is 2. The molecule has 0 radical (unpaired) electrons. The minimum Gasteiger partial charge on any atom is -0.396 e. The molecule has 2 unspecified atom stereocenters. The van der Waals surface area contributed by atoms with Crippen LogP contribution in [0, 0.1) is 5.92 Å². The number of hydrogen-bond acceptors (Lipinski definition) is 3. The molecule has 0 aliphatic carbocycles. The van der Waals surface area contributed by atoms with Gasteiger partial charge in [0.15, 0.2) is 0 Å². The first-order valence-corrected chi connectivity index (χ1v) is 7.34. The molecule has 1 aromatic carbocycles. The number of likely N-dealkylation sites (tertiary alicyclic amines) is 1. The predicted octanol–water partition coefficient (Wildman–Crippen LogP) is 2.15. The van der Waals surface area contributed by atoms with Crippen molar-refractivity contribution in [2.45, 2.75) is 18.9 Å². The maximum atomic E-state index is 9.01. The molecular formula is C14H21BrN2O. The number of rotatable bonds is 5. The molecule has 0 amide bonds. The second-order valence-corrected chi connectivity index (χ2v) is 5.88. The molecule has 1 aliphatic heterocycles. The van der Waals surface area contributed by atoms with E-state index in [1.807, 2.05) is 6.07 Å². The maximum absolute atomic E-state index is 9.01. The van der Waals surface area contributed by atoms with Crippen molar-refractivity contribution < 1.29 is 5.11 Å². The zero-order valence-corrected chi connectivity index (χ0v) is 12.1. The molecule has 2 rings (SSSR count). The normalized spacial score (nSPS) is 22.3. The molecular weight excluding hydrogens is 292 g/mol. The Morgan fingerprint density at radius 3 is 3.00 bits per heavy atom. The number of aliphatic hydroxyl groups is 1. The van der Waals surface area contributed by atoms with Gasteiger partial charge in [-0.2, -0.15) is 0 Å². The molecule has 0 aromatic heterocycles. The molecule has 2 atom stereocenters. The molecule has 18 heavy (non-hydrogen) atoms. The van der Waals surface area contributed by atoms with E-state index in [2.05, 4.69) is 39.0 Å². The van der Waals surface area contributed by atoms with E-state index < -0.39 is 0 Å². The van der Waals surface area contributed by atoms with Crippen LogP contribution in [0.1, 0.15) is 24.4 Å². The van der Waals surface area contributed by atoms with E-state index in [4.69, 9.17) is 10.8 Å². The second kappa shape index (κ2) is 6.66. The zero-order chi connectivity index (χ0) is 13.0. The highest BCUT2D eigenvalue weighted by Gasteiger charge is 2.28. The number of halogens is 1. The van der Waals surface area contributed by atoms with Gasteiger partial charge in [-0.1, -0.05) is 28.1 Å². The summed E-state index contributed by atoms with van der Waals surface area (Å²) in [6, 6.07) is 8.68. The van der Waals surface area contributed by atoms with Crippen molar-refractivity contribution in [2.24, 2.45) is 11.7 Å². The Bertz CT molecular complexity index is 386. The van der Waals surface area contributed by atoms with Gasteiger partial charge in [-0.05, 0) is 43.0 Å². The van der Waals surface area contributed by atoms with Crippen LogP contribution in [0.3, 0.4) is 0 Å². The van der Waals surface area contributed by atoms with Crippen LogP contribution in [-0.4, -0.2) is 36.2 Å². The van der Waals surface area contributed by atoms with Gasteiger partial charge in [-0.15, -0.1) is 0 Å². The predicted molar refractivity (Wildman–Crippen MR) is 77.3 cm³/mol. The Balaban J connectivity index is 2.06. The summed E-state index contributed by atoms with van der Waals surface area (Å²) >= 11 is 3.51. The minimum atomic E-state index is 0.294. The second-order valence-electron chi connectivity index (χ2n) is 4.97. The largest absolute Gasteiger partial charge is 0.396 e. The van der Waals surface area contributed by atoms with Crippen molar-refractivity contribution >= 4 is 15.9 Å². The Morgan fingerprint density at radius 1 is 1.50 bits per heavy atom. The fourth-order valence-electron chi connectivity index (χ4n) is 2.77. The van der Waals surface area contributed by atoms with Crippen molar-refractivity contribution in [3.63, 3.8) is 0 Å². The van der Waals surface area contributed by atoms with Crippen LogP contribution in [0.5, 0.6) is 0 Å². The molecule has 1 aromatic rings. The van der Waals surface area contributed by atoms with Crippen molar-refractivity contribution in [1.82, 2.24) is 4.90 Å². The summed E-state index contributed by atoms with van der Waals surface area (Å²) in [6.07, 6.45) is 2.08. The third kappa shape index (κ3) is 3.32. The van der Waals surface area contributed by atoms with Crippen molar-refractivity contribution in [3.8, 4) is 0 Å². The Kier molecular flexibility index (Phi) is 5.18. The lowest BCUT2D eigenvalue weighted by Crippen LogP contribution is -2.32. The van der Waals surface area contributed by atoms with Gasteiger partial charge in [0.05, 0.1) is 0 Å². The van der Waals surface area contributed by atoms with Crippen LogP contribution in [0.15, 0.2) is 28.7 Å². The third-order valence-corrected chi connectivity index (χ3v) is 4.25. The summed E-state index contributed by atoms with van der Waals surface area (Å²) in [6.45, 7) is 3.07. The number of aliphatic hydroxyl groups excluding tert-OH is 1. The van der Waals surface area contributed by atoms with Crippen LogP contribution in [0.25, 0.3) is 0 Å². The van der Waals surface area contributed by atoms with Gasteiger partial charge in [-0.3, -0.25) is 4.90 Å². The maximum Gasteiger partial charge on any atom is 0.0470 e. The first-order valence-electron chi connectivity index (χ1n) is 6.55. The summed E-state index contributed by atoms with van der Waals surface area (Å²) in [7, 11) is 0. The monoisotopic (exact) mass is 312 g/mol. The van der Waals surface area contributed by atoms with E-state index in [1.165, 1.54) is 12.0 Å². The van der Waals surface area contributed by atoms with Crippen LogP contribution < -0.4 is 5.73 Å². The Labute approximate surface area is 117 Å². The lowest BCUT2D eigenvalue weighted by molar-refractivity contribution is 0.222. The molecule has 0 spiro atoms. The molecule has 1 aliphatic rings. The standard InChI is InChI=1S/C14H21BrN2O/c15-13-3-1-2-12(8-13)14(9-16)17-6-4-11(10-17)5-7-18/h1-3,8,11,14,18H,4-7,9-10,16H2. The van der Waals surface area contributed by atoms with Crippen molar-refractivity contribution in [3.05, 3.63) is 34.3 Å². The van der Waals surface area contributed by atoms with Crippen molar-refractivity contribution in [1.29, 1.82) is 0 Å². The summed E-state index contributed by atoms with van der Waals surface area (Å²) in [4.78, 5) is 2.45. The lowest BCUT2D eigenvalue weighted by atomic mass is 10.0. The number of nitrogens with zero attached hydrogens (tertiary/aromatic N) is 1. The van der Waals surface area contributed by atoms with E-state index in [0.717, 1.165) is 24.0 Å². The molecule has 1 heterocycles. The van der Waals surface area contributed by atoms with E-state index in [1.54, 1.807) is 0 Å². The summed E-state index contributed by atoms with van der Waals surface area (Å²) in [5.41, 5.74) is 7.22. The molecule has 1 saturated heterocycles. The fourth-order valence-corrected chi connectivity index (χ4v) is 3.19. The molecule has 100 valence electrons. The molecule has 4 heteroatoms. The minimum absolute atomic E-state index is 0.294. The van der Waals surface area contributed by atoms with E-state index >= 15 is 0 Å². The molecule has 0 bridgehead atoms. The lowest BCUT2D eigenvalue weighted by Gasteiger charge is -2.27. The highest BCUT2D eigenvalue weighted by molar-refractivity contribution is 9.10. The van der Waals surface area contributed by atoms with Gasteiger partial charge in [0.25, 0.3) is 0 Å². The molecule has 3 nitrogen and oxygen atoms in total. The Hall–Kier alpha value is -0.420. The Morgan fingerprint density at radius 2 is 2.33 bits per heavy atom. The van der Waals surface area contributed by atoms with Gasteiger partial charge in [0.2, 0.25) is 0 Å². The average Bonchev–Trinajstić information content (AvgIpc) is 2.79. The van der Waals surface area contributed by atoms with Crippen LogP contribution in [0.2, 0.25) is 0 Å². The van der Waals surface area contributed by atoms with Gasteiger partial charge >= 0.3 is 0 Å². The first kappa shape index (κ1) is 14.0. The quantitative estimate of drug-likeness (QED) is 0.876. The summed E-state index contributed by atoms with van der Waals surface area (Å²) < 4.78 is 1.10. The van der Waals surface area contributed by atoms with Crippen LogP contribution >= 0.6 is 15.9 Å². The number of nitrogens with two attached hydrogens (primary N) is 1. The average molecular weight is 313 g/mol.